The van der Waals surface area contributed by atoms with Crippen molar-refractivity contribution < 1.29 is 18.3 Å². The number of ether oxygens (including phenoxy) is 1. The van der Waals surface area contributed by atoms with Gasteiger partial charge in [0.25, 0.3) is 5.91 Å². The molecule has 8 heteroatoms. The van der Waals surface area contributed by atoms with Gasteiger partial charge in [0.05, 0.1) is 17.3 Å². The molecule has 1 aliphatic rings. The number of nitrogens with one attached hydrogen (secondary N) is 1. The monoisotopic (exact) mass is 377 g/mol. The third kappa shape index (κ3) is 3.10. The Hall–Kier alpha value is -2.67. The van der Waals surface area contributed by atoms with Crippen molar-refractivity contribution in [3.63, 3.8) is 0 Å². The minimum atomic E-state index is -0.862. The molecule has 0 unspecified atom stereocenters. The first kappa shape index (κ1) is 16.8. The summed E-state index contributed by atoms with van der Waals surface area (Å²) in [5.41, 5.74) is 1.21. The molecule has 0 atom stereocenters. The molecule has 134 valence electrons. The van der Waals surface area contributed by atoms with Crippen molar-refractivity contribution in [2.45, 2.75) is 25.0 Å². The maximum atomic E-state index is 13.4. The van der Waals surface area contributed by atoms with Gasteiger partial charge in [-0.2, -0.15) is 5.10 Å². The summed E-state index contributed by atoms with van der Waals surface area (Å²) < 4.78 is 33.9. The van der Waals surface area contributed by atoms with E-state index in [0.29, 0.717) is 24.5 Å². The van der Waals surface area contributed by atoms with E-state index in [4.69, 9.17) is 16.3 Å². The van der Waals surface area contributed by atoms with E-state index >= 15 is 0 Å². The molecule has 1 fully saturated rings. The van der Waals surface area contributed by atoms with Gasteiger partial charge in [-0.1, -0.05) is 17.7 Å². The number of benzene rings is 1. The van der Waals surface area contributed by atoms with Crippen molar-refractivity contribution in [3.05, 3.63) is 64.9 Å². The Morgan fingerprint density at radius 2 is 2.12 bits per heavy atom. The molecule has 5 nitrogen and oxygen atoms in total. The largest absolute Gasteiger partial charge is 0.488 e. The smallest absolute Gasteiger partial charge is 0.255 e. The van der Waals surface area contributed by atoms with Gasteiger partial charge in [-0.05, 0) is 12.1 Å². The number of nitrogens with zero attached hydrogens (tertiary/aromatic N) is 2. The highest BCUT2D eigenvalue weighted by molar-refractivity contribution is 6.32. The number of hydrogen-bond donors (Lipinski definition) is 1. The minimum absolute atomic E-state index is 0.0263. The van der Waals surface area contributed by atoms with E-state index < -0.39 is 11.6 Å². The molecule has 1 saturated carbocycles. The Morgan fingerprint density at radius 3 is 2.92 bits per heavy atom. The van der Waals surface area contributed by atoms with Gasteiger partial charge in [-0.15, -0.1) is 0 Å². The number of carbonyl (C=O) groups is 1. The van der Waals surface area contributed by atoms with Crippen LogP contribution in [0.25, 0.3) is 5.52 Å². The maximum absolute atomic E-state index is 13.4. The molecule has 1 amide bonds. The van der Waals surface area contributed by atoms with Gasteiger partial charge in [0, 0.05) is 37.2 Å². The second kappa shape index (κ2) is 6.57. The zero-order valence-electron chi connectivity index (χ0n) is 13.5. The molecule has 2 heterocycles. The van der Waals surface area contributed by atoms with Gasteiger partial charge in [-0.25, -0.2) is 13.3 Å². The summed E-state index contributed by atoms with van der Waals surface area (Å²) in [6, 6.07) is 7.16. The predicted octanol–water partition coefficient (Wildman–Crippen LogP) is 3.61. The third-order valence-electron chi connectivity index (χ3n) is 4.35. The molecule has 0 aliphatic heterocycles. The molecule has 0 radical (unpaired) electrons. The van der Waals surface area contributed by atoms with Crippen molar-refractivity contribution >= 4 is 23.0 Å². The van der Waals surface area contributed by atoms with Crippen LogP contribution in [0.1, 0.15) is 23.2 Å². The lowest BCUT2D eigenvalue weighted by Gasteiger charge is -2.35. The van der Waals surface area contributed by atoms with E-state index in [-0.39, 0.29) is 28.8 Å². The first-order valence-corrected chi connectivity index (χ1v) is 8.43. The van der Waals surface area contributed by atoms with Crippen LogP contribution < -0.4 is 10.1 Å². The van der Waals surface area contributed by atoms with Crippen LogP contribution in [0.4, 0.5) is 8.78 Å². The van der Waals surface area contributed by atoms with Crippen molar-refractivity contribution in [3.8, 4) is 5.75 Å². The maximum Gasteiger partial charge on any atom is 0.255 e. The molecule has 0 saturated heterocycles. The summed E-state index contributed by atoms with van der Waals surface area (Å²) in [7, 11) is 0. The molecule has 0 bridgehead atoms. The standard InChI is InChI=1S/C18H14ClF2N3O2/c19-17-14(21)5-10(20)6-16(17)26-12-7-11(8-12)23-18(25)13-9-22-24-4-2-1-3-15(13)24/h1-6,9,11-12H,7-8H2,(H,23,25)/t11-,12-. The number of hydrogen-bond acceptors (Lipinski definition) is 3. The SMILES string of the molecule is O=C(N[C@H]1C[C@H](Oc2cc(F)cc(F)c2Cl)C1)c1cnn2ccccc12. The summed E-state index contributed by atoms with van der Waals surface area (Å²) in [4.78, 5) is 12.4. The lowest BCUT2D eigenvalue weighted by molar-refractivity contribution is 0.0700. The van der Waals surface area contributed by atoms with E-state index in [9.17, 15) is 13.6 Å². The zero-order chi connectivity index (χ0) is 18.3. The second-order valence-electron chi connectivity index (χ2n) is 6.17. The highest BCUT2D eigenvalue weighted by atomic mass is 35.5. The Morgan fingerprint density at radius 1 is 1.31 bits per heavy atom. The third-order valence-corrected chi connectivity index (χ3v) is 4.72. The van der Waals surface area contributed by atoms with Gasteiger partial charge in [0.1, 0.15) is 28.5 Å². The van der Waals surface area contributed by atoms with Crippen LogP contribution in [0, 0.1) is 11.6 Å². The van der Waals surface area contributed by atoms with Crippen molar-refractivity contribution in [2.75, 3.05) is 0 Å². The van der Waals surface area contributed by atoms with E-state index in [0.717, 1.165) is 11.6 Å². The van der Waals surface area contributed by atoms with Crippen LogP contribution in [0.2, 0.25) is 5.02 Å². The van der Waals surface area contributed by atoms with Crippen LogP contribution >= 0.6 is 11.6 Å². The van der Waals surface area contributed by atoms with Crippen LogP contribution in [0.15, 0.2) is 42.7 Å². The predicted molar refractivity (Wildman–Crippen MR) is 91.5 cm³/mol. The summed E-state index contributed by atoms with van der Waals surface area (Å²) in [5, 5.41) is 6.80. The summed E-state index contributed by atoms with van der Waals surface area (Å²) in [5.74, 6) is -1.86. The molecule has 1 N–H and O–H groups in total. The molecule has 0 spiro atoms. The molecule has 1 aliphatic carbocycles. The highest BCUT2D eigenvalue weighted by Crippen LogP contribution is 2.33. The topological polar surface area (TPSA) is 55.6 Å². The van der Waals surface area contributed by atoms with Crippen LogP contribution in [0.5, 0.6) is 5.75 Å². The Bertz CT molecular complexity index is 986. The number of fused-ring (bicyclic) bond motifs is 1. The van der Waals surface area contributed by atoms with E-state index in [1.165, 1.54) is 6.20 Å². The lowest BCUT2D eigenvalue weighted by Crippen LogP contribution is -2.49. The van der Waals surface area contributed by atoms with E-state index in [1.54, 1.807) is 10.7 Å². The second-order valence-corrected chi connectivity index (χ2v) is 6.55. The van der Waals surface area contributed by atoms with Gasteiger partial charge < -0.3 is 10.1 Å². The first-order valence-electron chi connectivity index (χ1n) is 8.05. The van der Waals surface area contributed by atoms with Crippen molar-refractivity contribution in [1.82, 2.24) is 14.9 Å². The number of amides is 1. The lowest BCUT2D eigenvalue weighted by atomic mass is 9.89. The quantitative estimate of drug-likeness (QED) is 0.707. The first-order chi connectivity index (χ1) is 12.5. The zero-order valence-corrected chi connectivity index (χ0v) is 14.2. The van der Waals surface area contributed by atoms with Crippen molar-refractivity contribution in [1.29, 1.82) is 0 Å². The van der Waals surface area contributed by atoms with Gasteiger partial charge in [0.15, 0.2) is 0 Å². The average Bonchev–Trinajstić information content (AvgIpc) is 3.01. The summed E-state index contributed by atoms with van der Waals surface area (Å²) in [6.07, 6.45) is 4.08. The number of aromatic nitrogens is 2. The molecular weight excluding hydrogens is 364 g/mol. The number of carbonyl (C=O) groups excluding carboxylic acids is 1. The highest BCUT2D eigenvalue weighted by Gasteiger charge is 2.33. The number of halogens is 3. The molecule has 26 heavy (non-hydrogen) atoms. The van der Waals surface area contributed by atoms with Gasteiger partial charge >= 0.3 is 0 Å². The molecule has 1 aromatic carbocycles. The Kier molecular flexibility index (Phi) is 4.24. The van der Waals surface area contributed by atoms with E-state index in [2.05, 4.69) is 10.4 Å². The number of pyridine rings is 1. The van der Waals surface area contributed by atoms with Crippen LogP contribution in [-0.4, -0.2) is 27.7 Å². The fourth-order valence-electron chi connectivity index (χ4n) is 2.95. The fraction of sp³-hybridized carbons (Fsp3) is 0.222. The molecule has 4 rings (SSSR count). The van der Waals surface area contributed by atoms with Gasteiger partial charge in [0.2, 0.25) is 0 Å². The minimum Gasteiger partial charge on any atom is -0.488 e. The Balaban J connectivity index is 1.36. The summed E-state index contributed by atoms with van der Waals surface area (Å²) >= 11 is 5.79. The van der Waals surface area contributed by atoms with Crippen LogP contribution in [0.3, 0.4) is 0 Å². The van der Waals surface area contributed by atoms with Crippen molar-refractivity contribution in [2.24, 2.45) is 0 Å². The molecule has 3 aromatic rings. The molecule has 2 aromatic heterocycles. The molecular formula is C18H14ClF2N3O2. The van der Waals surface area contributed by atoms with E-state index in [1.807, 2.05) is 18.2 Å². The Labute approximate surface area is 152 Å². The summed E-state index contributed by atoms with van der Waals surface area (Å²) in [6.45, 7) is 0. The van der Waals surface area contributed by atoms with Crippen LogP contribution in [-0.2, 0) is 0 Å². The average molecular weight is 378 g/mol. The van der Waals surface area contributed by atoms with Gasteiger partial charge in [-0.3, -0.25) is 4.79 Å². The normalized spacial score (nSPS) is 19.2. The number of rotatable bonds is 4. The fourth-order valence-corrected chi connectivity index (χ4v) is 3.10.